The van der Waals surface area contributed by atoms with Gasteiger partial charge in [-0.25, -0.2) is 4.79 Å². The first kappa shape index (κ1) is 28.1. The van der Waals surface area contributed by atoms with Crippen LogP contribution in [0.15, 0.2) is 42.5 Å². The third-order valence-corrected chi connectivity index (χ3v) is 8.70. The van der Waals surface area contributed by atoms with E-state index in [0.29, 0.717) is 0 Å². The van der Waals surface area contributed by atoms with Gasteiger partial charge in [-0.1, -0.05) is 45.5 Å². The van der Waals surface area contributed by atoms with E-state index in [1.54, 1.807) is 51.1 Å². The highest BCUT2D eigenvalue weighted by Gasteiger charge is 2.71. The molecule has 0 unspecified atom stereocenters. The first-order valence-corrected chi connectivity index (χ1v) is 12.8. The third kappa shape index (κ3) is 4.21. The van der Waals surface area contributed by atoms with Crippen LogP contribution in [0, 0.1) is 23.2 Å². The average molecular weight is 529 g/mol. The summed E-state index contributed by atoms with van der Waals surface area (Å²) < 4.78 is 11.4. The lowest BCUT2D eigenvalue weighted by molar-refractivity contribution is -0.180. The summed E-state index contributed by atoms with van der Waals surface area (Å²) in [5.41, 5.74) is -7.62. The summed E-state index contributed by atoms with van der Waals surface area (Å²) in [6.45, 7) is 11.3. The highest BCUT2D eigenvalue weighted by Crippen LogP contribution is 2.57. The number of hydrogen-bond donors (Lipinski definition) is 3. The van der Waals surface area contributed by atoms with Crippen molar-refractivity contribution in [2.75, 3.05) is 0 Å². The van der Waals surface area contributed by atoms with Gasteiger partial charge < -0.3 is 24.8 Å². The number of benzene rings is 1. The lowest BCUT2D eigenvalue weighted by Gasteiger charge is -2.41. The van der Waals surface area contributed by atoms with Gasteiger partial charge in [0, 0.05) is 24.7 Å². The van der Waals surface area contributed by atoms with Crippen LogP contribution in [-0.2, 0) is 23.9 Å². The van der Waals surface area contributed by atoms with Crippen LogP contribution in [-0.4, -0.2) is 67.8 Å². The highest BCUT2D eigenvalue weighted by molar-refractivity contribution is 6.00. The van der Waals surface area contributed by atoms with Crippen LogP contribution < -0.4 is 0 Å². The number of fused-ring (bicyclic) bond motifs is 2. The molecule has 3 aliphatic rings. The van der Waals surface area contributed by atoms with E-state index in [1.165, 1.54) is 6.92 Å². The van der Waals surface area contributed by atoms with Gasteiger partial charge in [0.2, 0.25) is 0 Å². The molecule has 9 nitrogen and oxygen atoms in total. The van der Waals surface area contributed by atoms with E-state index in [2.05, 4.69) is 6.58 Å². The van der Waals surface area contributed by atoms with E-state index < -0.39 is 82.1 Å². The molecule has 0 aromatic heterocycles. The van der Waals surface area contributed by atoms with Gasteiger partial charge in [0.1, 0.15) is 29.0 Å². The number of hydrogen-bond acceptors (Lipinski definition) is 9. The maximum Gasteiger partial charge on any atom is 0.338 e. The molecule has 8 atom stereocenters. The molecular formula is C29H36O9. The maximum absolute atomic E-state index is 14.1. The molecule has 0 saturated heterocycles. The third-order valence-electron chi connectivity index (χ3n) is 8.70. The molecule has 38 heavy (non-hydrogen) atoms. The Hall–Kier alpha value is -2.88. The average Bonchev–Trinajstić information content (AvgIpc) is 3.19. The second-order valence-corrected chi connectivity index (χ2v) is 12.1. The number of carbonyl (C=O) groups is 4. The number of esters is 2. The summed E-state index contributed by atoms with van der Waals surface area (Å²) >= 11 is 0. The highest BCUT2D eigenvalue weighted by atomic mass is 16.6. The molecule has 3 aliphatic carbocycles. The number of carbonyl (C=O) groups excluding carboxylic acids is 4. The van der Waals surface area contributed by atoms with Crippen molar-refractivity contribution in [3.63, 3.8) is 0 Å². The topological polar surface area (TPSA) is 147 Å². The zero-order chi connectivity index (χ0) is 28.4. The fourth-order valence-corrected chi connectivity index (χ4v) is 7.01. The van der Waals surface area contributed by atoms with Gasteiger partial charge in [-0.15, -0.1) is 0 Å². The Morgan fingerprint density at radius 1 is 0.947 bits per heavy atom. The summed E-state index contributed by atoms with van der Waals surface area (Å²) in [4.78, 5) is 52.8. The molecular weight excluding hydrogens is 492 g/mol. The van der Waals surface area contributed by atoms with Gasteiger partial charge in [0.15, 0.2) is 11.6 Å². The van der Waals surface area contributed by atoms with Crippen LogP contribution in [0.2, 0.25) is 0 Å². The van der Waals surface area contributed by atoms with Gasteiger partial charge >= 0.3 is 11.9 Å². The Balaban J connectivity index is 1.87. The normalized spacial score (nSPS) is 40.4. The zero-order valence-electron chi connectivity index (χ0n) is 22.4. The smallest absolute Gasteiger partial charge is 0.338 e. The van der Waals surface area contributed by atoms with Crippen molar-refractivity contribution in [1.82, 2.24) is 0 Å². The molecule has 1 aromatic carbocycles. The van der Waals surface area contributed by atoms with Crippen LogP contribution in [0.1, 0.15) is 64.2 Å². The molecule has 9 heteroatoms. The van der Waals surface area contributed by atoms with Crippen molar-refractivity contribution in [2.24, 2.45) is 23.2 Å². The number of rotatable bonds is 3. The van der Waals surface area contributed by atoms with Gasteiger partial charge in [-0.3, -0.25) is 14.4 Å². The maximum atomic E-state index is 14.1. The molecule has 206 valence electrons. The van der Waals surface area contributed by atoms with Crippen molar-refractivity contribution in [3.05, 3.63) is 48.0 Å². The fourth-order valence-electron chi connectivity index (χ4n) is 7.01. The molecule has 0 amide bonds. The SMILES string of the molecule is C=C1C[C@]2(O)C(=O)C(C)(C)C[C@H]2[C@@](C)(O)C(=O)[C@@]2(O)C[C@H](C)[C@H](OC(=O)c3ccccc3)[C@@H]2[C@H]1OC(C)=O. The van der Waals surface area contributed by atoms with E-state index in [0.717, 1.165) is 6.92 Å². The van der Waals surface area contributed by atoms with Crippen molar-refractivity contribution >= 4 is 23.5 Å². The van der Waals surface area contributed by atoms with Crippen molar-refractivity contribution < 1.29 is 44.0 Å². The van der Waals surface area contributed by atoms with Crippen LogP contribution >= 0.6 is 0 Å². The molecule has 3 saturated carbocycles. The van der Waals surface area contributed by atoms with Gasteiger partial charge in [0.25, 0.3) is 0 Å². The molecule has 3 N–H and O–H groups in total. The van der Waals surface area contributed by atoms with Crippen LogP contribution in [0.4, 0.5) is 0 Å². The minimum atomic E-state index is -2.34. The number of Topliss-reactive ketones (excluding diaryl/α,β-unsaturated/α-hetero) is 2. The predicted octanol–water partition coefficient (Wildman–Crippen LogP) is 2.16. The first-order valence-electron chi connectivity index (χ1n) is 12.8. The largest absolute Gasteiger partial charge is 0.458 e. The standard InChI is InChI=1S/C29H36O9/c1-15-12-28(35)19(14-26(4,5)24(28)32)27(6,34)25(33)29(36)13-16(2)22(20(29)21(15)37-17(3)30)38-23(31)18-10-8-7-9-11-18/h7-11,16,19-22,34-36H,1,12-14H2,2-6H3/t16-,19-,20-,21-,22-,27+,28+,29+/m0/s1. The Kier molecular flexibility index (Phi) is 6.74. The molecule has 0 radical (unpaired) electrons. The summed E-state index contributed by atoms with van der Waals surface area (Å²) in [5, 5.41) is 35.5. The summed E-state index contributed by atoms with van der Waals surface area (Å²) in [7, 11) is 0. The monoisotopic (exact) mass is 528 g/mol. The van der Waals surface area contributed by atoms with Crippen molar-refractivity contribution in [1.29, 1.82) is 0 Å². The zero-order valence-corrected chi connectivity index (χ0v) is 22.4. The van der Waals surface area contributed by atoms with E-state index in [-0.39, 0.29) is 24.0 Å². The minimum Gasteiger partial charge on any atom is -0.458 e. The molecule has 3 fully saturated rings. The summed E-state index contributed by atoms with van der Waals surface area (Å²) in [6, 6.07) is 8.16. The summed E-state index contributed by atoms with van der Waals surface area (Å²) in [5.74, 6) is -6.25. The lowest BCUT2D eigenvalue weighted by atomic mass is 9.69. The van der Waals surface area contributed by atoms with E-state index in [1.807, 2.05) is 0 Å². The number of ketones is 2. The van der Waals surface area contributed by atoms with E-state index in [9.17, 15) is 34.5 Å². The molecule has 0 aliphatic heterocycles. The lowest BCUT2D eigenvalue weighted by Crippen LogP contribution is -2.62. The van der Waals surface area contributed by atoms with E-state index in [4.69, 9.17) is 9.47 Å². The Morgan fingerprint density at radius 2 is 1.55 bits per heavy atom. The van der Waals surface area contributed by atoms with Crippen molar-refractivity contribution in [2.45, 2.75) is 82.9 Å². The van der Waals surface area contributed by atoms with Gasteiger partial charge in [0.05, 0.1) is 11.5 Å². The Labute approximate surface area is 221 Å². The second kappa shape index (κ2) is 9.10. The predicted molar refractivity (Wildman–Crippen MR) is 135 cm³/mol. The van der Waals surface area contributed by atoms with Crippen LogP contribution in [0.5, 0.6) is 0 Å². The quantitative estimate of drug-likeness (QED) is 0.396. The molecule has 0 bridgehead atoms. The van der Waals surface area contributed by atoms with Gasteiger partial charge in [-0.05, 0) is 43.4 Å². The summed E-state index contributed by atoms with van der Waals surface area (Å²) in [6.07, 6.45) is -3.16. The molecule has 4 rings (SSSR count). The number of aliphatic hydroxyl groups is 3. The van der Waals surface area contributed by atoms with Crippen LogP contribution in [0.25, 0.3) is 0 Å². The van der Waals surface area contributed by atoms with E-state index >= 15 is 0 Å². The minimum absolute atomic E-state index is 0.0185. The fraction of sp³-hybridized carbons (Fsp3) is 0.586. The Morgan fingerprint density at radius 3 is 2.13 bits per heavy atom. The first-order chi connectivity index (χ1) is 17.5. The van der Waals surface area contributed by atoms with Gasteiger partial charge in [-0.2, -0.15) is 0 Å². The van der Waals surface area contributed by atoms with Crippen LogP contribution in [0.3, 0.4) is 0 Å². The number of ether oxygens (including phenoxy) is 2. The van der Waals surface area contributed by atoms with Crippen molar-refractivity contribution in [3.8, 4) is 0 Å². The molecule has 0 spiro atoms. The Bertz CT molecular complexity index is 1190. The molecule has 0 heterocycles. The molecule has 1 aromatic rings. The second-order valence-electron chi connectivity index (χ2n) is 12.1.